The minimum absolute atomic E-state index is 0. The molecule has 0 aliphatic heterocycles. The van der Waals surface area contributed by atoms with Crippen LogP contribution >= 0.6 is 35.7 Å². The maximum Gasteiger partial charge on any atom is 0.191 e. The van der Waals surface area contributed by atoms with Crippen molar-refractivity contribution in [2.24, 2.45) is 4.99 Å². The molecule has 0 unspecified atom stereocenters. The van der Waals surface area contributed by atoms with Crippen LogP contribution in [0.15, 0.2) is 58.4 Å². The quantitative estimate of drug-likeness (QED) is 0.216. The second-order valence-electron chi connectivity index (χ2n) is 6.24. The molecule has 0 atom stereocenters. The van der Waals surface area contributed by atoms with Gasteiger partial charge in [-0.25, -0.2) is 12.8 Å². The van der Waals surface area contributed by atoms with Crippen LogP contribution in [0.25, 0.3) is 0 Å². The number of halogens is 2. The highest BCUT2D eigenvalue weighted by Crippen LogP contribution is 2.14. The van der Waals surface area contributed by atoms with E-state index >= 15 is 0 Å². The van der Waals surface area contributed by atoms with E-state index in [0.29, 0.717) is 23.2 Å². The van der Waals surface area contributed by atoms with E-state index in [0.717, 1.165) is 29.8 Å². The molecule has 0 fully saturated rings. The fraction of sp³-hybridized carbons (Fsp3) is 0.350. The average Bonchev–Trinajstić information content (AvgIpc) is 2.67. The Morgan fingerprint density at radius 3 is 2.34 bits per heavy atom. The topological polar surface area (TPSA) is 70.6 Å². The van der Waals surface area contributed by atoms with Crippen LogP contribution in [0.4, 0.5) is 4.39 Å². The van der Waals surface area contributed by atoms with Crippen LogP contribution in [0, 0.1) is 5.82 Å². The van der Waals surface area contributed by atoms with Crippen LogP contribution in [0.2, 0.25) is 0 Å². The molecule has 2 aromatic rings. The van der Waals surface area contributed by atoms with E-state index in [1.165, 1.54) is 12.3 Å². The third-order valence-corrected chi connectivity index (χ3v) is 6.17. The molecule has 0 aliphatic rings. The number of rotatable bonds is 9. The lowest BCUT2D eigenvalue weighted by Crippen LogP contribution is -2.39. The molecule has 0 aromatic heterocycles. The lowest BCUT2D eigenvalue weighted by atomic mass is 10.1. The number of hydrogen-bond donors (Lipinski definition) is 2. The van der Waals surface area contributed by atoms with Crippen LogP contribution in [-0.4, -0.2) is 46.5 Å². The Labute approximate surface area is 193 Å². The Bertz CT molecular complexity index is 891. The van der Waals surface area contributed by atoms with E-state index in [2.05, 4.69) is 15.6 Å². The van der Waals surface area contributed by atoms with Crippen LogP contribution in [-0.2, 0) is 22.0 Å². The van der Waals surface area contributed by atoms with Crippen LogP contribution in [0.5, 0.6) is 0 Å². The van der Waals surface area contributed by atoms with Crippen molar-refractivity contribution in [2.45, 2.75) is 17.1 Å². The van der Waals surface area contributed by atoms with Crippen molar-refractivity contribution < 1.29 is 12.8 Å². The molecule has 29 heavy (non-hydrogen) atoms. The van der Waals surface area contributed by atoms with Crippen molar-refractivity contribution in [2.75, 3.05) is 32.1 Å². The number of aliphatic imine (C=N–C) groups is 1. The monoisotopic (exact) mass is 551 g/mol. The molecule has 0 bridgehead atoms. The SMILES string of the molecule is CN=C(NCCSCc1ccccc1F)NCCc1ccc(S(C)(=O)=O)cc1.I. The van der Waals surface area contributed by atoms with Crippen molar-refractivity contribution in [1.82, 2.24) is 10.6 Å². The summed E-state index contributed by atoms with van der Waals surface area (Å²) in [5, 5.41) is 6.46. The Morgan fingerprint density at radius 2 is 1.72 bits per heavy atom. The lowest BCUT2D eigenvalue weighted by molar-refractivity contribution is 0.602. The van der Waals surface area contributed by atoms with Gasteiger partial charge in [-0.15, -0.1) is 24.0 Å². The summed E-state index contributed by atoms with van der Waals surface area (Å²) < 4.78 is 36.5. The second kappa shape index (κ2) is 13.1. The number of sulfone groups is 1. The highest BCUT2D eigenvalue weighted by molar-refractivity contribution is 14.0. The van der Waals surface area contributed by atoms with Gasteiger partial charge in [0.2, 0.25) is 0 Å². The Balaban J connectivity index is 0.00000420. The predicted molar refractivity (Wildman–Crippen MR) is 131 cm³/mol. The van der Waals surface area contributed by atoms with Crippen molar-refractivity contribution in [3.05, 3.63) is 65.5 Å². The predicted octanol–water partition coefficient (Wildman–Crippen LogP) is 3.49. The zero-order chi connectivity index (χ0) is 20.4. The third-order valence-electron chi connectivity index (χ3n) is 4.04. The zero-order valence-corrected chi connectivity index (χ0v) is 20.5. The first kappa shape index (κ1) is 25.7. The molecule has 5 nitrogen and oxygen atoms in total. The Morgan fingerprint density at radius 1 is 1.07 bits per heavy atom. The van der Waals surface area contributed by atoms with E-state index in [9.17, 15) is 12.8 Å². The summed E-state index contributed by atoms with van der Waals surface area (Å²) in [6, 6.07) is 13.7. The summed E-state index contributed by atoms with van der Waals surface area (Å²) in [6.07, 6.45) is 1.96. The summed E-state index contributed by atoms with van der Waals surface area (Å²) in [5.41, 5.74) is 1.77. The summed E-state index contributed by atoms with van der Waals surface area (Å²) in [5.74, 6) is 2.02. The molecule has 0 amide bonds. The van der Waals surface area contributed by atoms with Gasteiger partial charge in [-0.1, -0.05) is 30.3 Å². The van der Waals surface area contributed by atoms with E-state index in [-0.39, 0.29) is 29.8 Å². The number of guanidine groups is 1. The van der Waals surface area contributed by atoms with Crippen LogP contribution in [0.3, 0.4) is 0 Å². The zero-order valence-electron chi connectivity index (χ0n) is 16.5. The number of benzene rings is 2. The summed E-state index contributed by atoms with van der Waals surface area (Å²) in [6.45, 7) is 1.40. The van der Waals surface area contributed by atoms with Crippen molar-refractivity contribution >= 4 is 51.5 Å². The Kier molecular flexibility index (Phi) is 11.6. The first-order chi connectivity index (χ1) is 13.4. The first-order valence-corrected chi connectivity index (χ1v) is 12.0. The van der Waals surface area contributed by atoms with Crippen LogP contribution < -0.4 is 10.6 Å². The molecule has 0 saturated heterocycles. The normalized spacial score (nSPS) is 11.6. The first-order valence-electron chi connectivity index (χ1n) is 8.95. The fourth-order valence-corrected chi connectivity index (χ4v) is 3.96. The van der Waals surface area contributed by atoms with Crippen molar-refractivity contribution in [3.8, 4) is 0 Å². The molecule has 160 valence electrons. The van der Waals surface area contributed by atoms with Gasteiger partial charge in [-0.05, 0) is 35.7 Å². The molecule has 0 aliphatic carbocycles. The fourth-order valence-electron chi connectivity index (χ4n) is 2.49. The second-order valence-corrected chi connectivity index (χ2v) is 9.36. The molecule has 2 N–H and O–H groups in total. The standard InChI is InChI=1S/C20H26FN3O2S2.HI/c1-22-20(24-13-14-27-15-17-5-3-4-6-19(17)21)23-12-11-16-7-9-18(10-8-16)28(2,25)26;/h3-10H,11-15H2,1-2H3,(H2,22,23,24);1H. The minimum Gasteiger partial charge on any atom is -0.356 e. The largest absolute Gasteiger partial charge is 0.356 e. The van der Waals surface area contributed by atoms with Gasteiger partial charge in [0.15, 0.2) is 15.8 Å². The van der Waals surface area contributed by atoms with E-state index in [1.54, 1.807) is 43.1 Å². The summed E-state index contributed by atoms with van der Waals surface area (Å²) in [7, 11) is -1.45. The molecule has 0 heterocycles. The minimum atomic E-state index is -3.16. The van der Waals surface area contributed by atoms with Crippen LogP contribution in [0.1, 0.15) is 11.1 Å². The molecular weight excluding hydrogens is 524 g/mol. The van der Waals surface area contributed by atoms with Gasteiger partial charge in [-0.3, -0.25) is 4.99 Å². The lowest BCUT2D eigenvalue weighted by Gasteiger charge is -2.12. The molecule has 2 rings (SSSR count). The highest BCUT2D eigenvalue weighted by atomic mass is 127. The van der Waals surface area contributed by atoms with Crippen molar-refractivity contribution in [3.63, 3.8) is 0 Å². The van der Waals surface area contributed by atoms with Gasteiger partial charge < -0.3 is 10.6 Å². The van der Waals surface area contributed by atoms with Gasteiger partial charge in [0.25, 0.3) is 0 Å². The summed E-state index contributed by atoms with van der Waals surface area (Å²) in [4.78, 5) is 4.51. The molecule has 0 radical (unpaired) electrons. The molecule has 0 saturated carbocycles. The van der Waals surface area contributed by atoms with Gasteiger partial charge in [-0.2, -0.15) is 11.8 Å². The number of hydrogen-bond acceptors (Lipinski definition) is 4. The Hall–Kier alpha value is -1.33. The highest BCUT2D eigenvalue weighted by Gasteiger charge is 2.06. The average molecular weight is 551 g/mol. The van der Waals surface area contributed by atoms with E-state index < -0.39 is 9.84 Å². The van der Waals surface area contributed by atoms with Gasteiger partial charge in [0, 0.05) is 37.9 Å². The van der Waals surface area contributed by atoms with Gasteiger partial charge in [0.05, 0.1) is 4.90 Å². The van der Waals surface area contributed by atoms with E-state index in [1.807, 2.05) is 18.2 Å². The van der Waals surface area contributed by atoms with Gasteiger partial charge in [0.1, 0.15) is 5.82 Å². The number of nitrogens with one attached hydrogen (secondary N) is 2. The molecule has 0 spiro atoms. The molecule has 9 heteroatoms. The molecular formula is C20H27FIN3O2S2. The number of nitrogens with zero attached hydrogens (tertiary/aromatic N) is 1. The smallest absolute Gasteiger partial charge is 0.191 e. The maximum atomic E-state index is 13.6. The van der Waals surface area contributed by atoms with Gasteiger partial charge >= 0.3 is 0 Å². The molecule has 2 aromatic carbocycles. The number of thioether (sulfide) groups is 1. The third kappa shape index (κ3) is 9.35. The van der Waals surface area contributed by atoms with Crippen molar-refractivity contribution in [1.29, 1.82) is 0 Å². The summed E-state index contributed by atoms with van der Waals surface area (Å²) >= 11 is 1.66. The maximum absolute atomic E-state index is 13.6. The van der Waals surface area contributed by atoms with E-state index in [4.69, 9.17) is 0 Å².